The summed E-state index contributed by atoms with van der Waals surface area (Å²) in [6.07, 6.45) is 5.60. The highest BCUT2D eigenvalue weighted by Gasteiger charge is 2.32. The molecule has 6 rings (SSSR count). The van der Waals surface area contributed by atoms with Crippen LogP contribution in [0.15, 0.2) is 17.4 Å². The van der Waals surface area contributed by atoms with E-state index in [0.717, 1.165) is 86.3 Å². The van der Waals surface area contributed by atoms with Crippen LogP contribution in [0.25, 0.3) is 11.3 Å². The zero-order valence-electron chi connectivity index (χ0n) is 20.8. The van der Waals surface area contributed by atoms with Crippen molar-refractivity contribution >= 4 is 23.7 Å². The number of hydrogen-bond donors (Lipinski definition) is 2. The Morgan fingerprint density at radius 2 is 1.86 bits per heavy atom. The summed E-state index contributed by atoms with van der Waals surface area (Å²) in [7, 11) is 0. The molecule has 6 heterocycles. The third kappa shape index (κ3) is 5.39. The minimum absolute atomic E-state index is 0.0127. The number of nitrogens with one attached hydrogen (secondary N) is 1. The van der Waals surface area contributed by atoms with Gasteiger partial charge in [0, 0.05) is 56.2 Å². The molecule has 0 amide bonds. The van der Waals surface area contributed by atoms with Gasteiger partial charge in [0.2, 0.25) is 11.9 Å². The molecule has 0 spiro atoms. The topological polar surface area (TPSA) is 127 Å². The molecule has 188 valence electrons. The number of aliphatic imine (C=N–C) groups is 1. The van der Waals surface area contributed by atoms with Crippen molar-refractivity contribution in [3.8, 4) is 11.3 Å². The SMILES string of the molecule is CC1CCN(C2=NC(C)(C)CO2)C1.Nc1ncc(-c2nc(N3CCOCC3)nc3c2CCN3)cn1. The van der Waals surface area contributed by atoms with E-state index in [9.17, 15) is 0 Å². The summed E-state index contributed by atoms with van der Waals surface area (Å²) in [5.74, 6) is 2.68. The zero-order valence-corrected chi connectivity index (χ0v) is 20.8. The molecule has 4 aliphatic rings. The number of rotatable bonds is 2. The minimum Gasteiger partial charge on any atom is -0.463 e. The molecular weight excluding hydrogens is 446 g/mol. The van der Waals surface area contributed by atoms with Gasteiger partial charge in [0.15, 0.2) is 0 Å². The zero-order chi connectivity index (χ0) is 24.4. The van der Waals surface area contributed by atoms with Gasteiger partial charge in [0.05, 0.1) is 24.4 Å². The van der Waals surface area contributed by atoms with Crippen molar-refractivity contribution < 1.29 is 9.47 Å². The van der Waals surface area contributed by atoms with Crippen molar-refractivity contribution in [3.63, 3.8) is 0 Å². The fourth-order valence-corrected chi connectivity index (χ4v) is 4.60. The molecule has 0 aromatic carbocycles. The quantitative estimate of drug-likeness (QED) is 0.655. The number of ether oxygens (including phenoxy) is 2. The van der Waals surface area contributed by atoms with Gasteiger partial charge in [-0.3, -0.25) is 0 Å². The normalized spacial score (nSPS) is 22.6. The van der Waals surface area contributed by atoms with Gasteiger partial charge in [0.25, 0.3) is 6.02 Å². The lowest BCUT2D eigenvalue weighted by Gasteiger charge is -2.27. The Balaban J connectivity index is 0.000000166. The lowest BCUT2D eigenvalue weighted by molar-refractivity contribution is 0.122. The number of aromatic nitrogens is 4. The van der Waals surface area contributed by atoms with Crippen molar-refractivity contribution in [1.82, 2.24) is 24.8 Å². The number of anilines is 3. The third-order valence-corrected chi connectivity index (χ3v) is 6.55. The van der Waals surface area contributed by atoms with E-state index < -0.39 is 0 Å². The second kappa shape index (κ2) is 9.80. The highest BCUT2D eigenvalue weighted by Crippen LogP contribution is 2.32. The summed E-state index contributed by atoms with van der Waals surface area (Å²) in [6, 6.07) is 0.870. The number of likely N-dealkylation sites (tertiary alicyclic amines) is 1. The lowest BCUT2D eigenvalue weighted by Crippen LogP contribution is -2.37. The highest BCUT2D eigenvalue weighted by molar-refractivity contribution is 5.76. The number of morpholine rings is 1. The van der Waals surface area contributed by atoms with Gasteiger partial charge in [-0.1, -0.05) is 6.92 Å². The monoisotopic (exact) mass is 481 g/mol. The summed E-state index contributed by atoms with van der Waals surface area (Å²) in [5.41, 5.74) is 8.43. The van der Waals surface area contributed by atoms with Crippen molar-refractivity contribution in [2.45, 2.75) is 39.2 Å². The second-order valence-corrected chi connectivity index (χ2v) is 10.1. The fraction of sp³-hybridized carbons (Fsp3) is 0.625. The molecule has 3 N–H and O–H groups in total. The summed E-state index contributed by atoms with van der Waals surface area (Å²) >= 11 is 0. The summed E-state index contributed by atoms with van der Waals surface area (Å²) in [5, 5.41) is 3.33. The molecule has 0 bridgehead atoms. The molecule has 2 aromatic heterocycles. The van der Waals surface area contributed by atoms with E-state index in [1.807, 2.05) is 0 Å². The van der Waals surface area contributed by atoms with Crippen LogP contribution in [0.1, 0.15) is 32.8 Å². The van der Waals surface area contributed by atoms with Crippen LogP contribution in [0, 0.1) is 5.92 Å². The van der Waals surface area contributed by atoms with Crippen LogP contribution in [0.2, 0.25) is 0 Å². The van der Waals surface area contributed by atoms with E-state index in [1.54, 1.807) is 12.4 Å². The number of amidine groups is 1. The van der Waals surface area contributed by atoms with Crippen molar-refractivity contribution in [1.29, 1.82) is 0 Å². The molecule has 0 saturated carbocycles. The average Bonchev–Trinajstić information content (AvgIpc) is 3.59. The van der Waals surface area contributed by atoms with Crippen LogP contribution in [0.4, 0.5) is 17.7 Å². The predicted molar refractivity (Wildman–Crippen MR) is 136 cm³/mol. The first-order valence-corrected chi connectivity index (χ1v) is 12.4. The van der Waals surface area contributed by atoms with Crippen LogP contribution in [-0.4, -0.2) is 88.9 Å². The Hall–Kier alpha value is -3.21. The van der Waals surface area contributed by atoms with E-state index in [1.165, 1.54) is 6.42 Å². The van der Waals surface area contributed by atoms with Crippen molar-refractivity contribution in [2.24, 2.45) is 10.9 Å². The summed E-state index contributed by atoms with van der Waals surface area (Å²) in [4.78, 5) is 26.5. The van der Waals surface area contributed by atoms with Crippen LogP contribution in [-0.2, 0) is 15.9 Å². The standard InChI is InChI=1S/C14H17N7O.C10H18N2O/c15-13-17-7-9(8-18-13)11-10-1-2-16-12(10)20-14(19-11)21-3-5-22-6-4-21;1-8-4-5-12(6-8)9-11-10(2,3)7-13-9/h7-8H,1-6H2,(H2,15,17,18)(H,16,19,20);8H,4-7H2,1-3H3. The maximum Gasteiger partial charge on any atom is 0.288 e. The van der Waals surface area contributed by atoms with E-state index >= 15 is 0 Å². The van der Waals surface area contributed by atoms with Gasteiger partial charge in [-0.25, -0.2) is 19.9 Å². The number of fused-ring (bicyclic) bond motifs is 1. The number of hydrogen-bond acceptors (Lipinski definition) is 11. The van der Waals surface area contributed by atoms with Gasteiger partial charge in [-0.15, -0.1) is 0 Å². The maximum atomic E-state index is 5.58. The number of nitrogens with two attached hydrogens (primary N) is 1. The van der Waals surface area contributed by atoms with E-state index in [2.05, 4.69) is 55.8 Å². The van der Waals surface area contributed by atoms with E-state index in [0.29, 0.717) is 13.2 Å². The van der Waals surface area contributed by atoms with Gasteiger partial charge in [-0.05, 0) is 32.6 Å². The number of nitrogens with zero attached hydrogens (tertiary/aromatic N) is 7. The molecule has 11 nitrogen and oxygen atoms in total. The highest BCUT2D eigenvalue weighted by atomic mass is 16.5. The maximum absolute atomic E-state index is 5.58. The van der Waals surface area contributed by atoms with Gasteiger partial charge in [-0.2, -0.15) is 4.98 Å². The first-order chi connectivity index (χ1) is 16.9. The van der Waals surface area contributed by atoms with E-state index in [-0.39, 0.29) is 11.5 Å². The molecule has 0 radical (unpaired) electrons. The Morgan fingerprint density at radius 1 is 1.09 bits per heavy atom. The molecule has 2 aromatic rings. The molecule has 11 heteroatoms. The number of nitrogen functional groups attached to an aromatic ring is 1. The van der Waals surface area contributed by atoms with Crippen molar-refractivity contribution in [2.75, 3.05) is 68.5 Å². The lowest BCUT2D eigenvalue weighted by atomic mass is 10.1. The molecule has 1 unspecified atom stereocenters. The molecular formula is C24H35N9O2. The van der Waals surface area contributed by atoms with E-state index in [4.69, 9.17) is 20.2 Å². The van der Waals surface area contributed by atoms with Crippen LogP contribution >= 0.6 is 0 Å². The Bertz CT molecular complexity index is 1070. The van der Waals surface area contributed by atoms with Gasteiger partial charge < -0.3 is 30.3 Å². The molecule has 4 aliphatic heterocycles. The largest absolute Gasteiger partial charge is 0.463 e. The van der Waals surface area contributed by atoms with Gasteiger partial charge in [0.1, 0.15) is 12.4 Å². The van der Waals surface area contributed by atoms with Crippen LogP contribution < -0.4 is 16.0 Å². The molecule has 1 atom stereocenters. The molecule has 2 fully saturated rings. The predicted octanol–water partition coefficient (Wildman–Crippen LogP) is 1.81. The van der Waals surface area contributed by atoms with Gasteiger partial charge >= 0.3 is 0 Å². The fourth-order valence-electron chi connectivity index (χ4n) is 4.60. The average molecular weight is 482 g/mol. The second-order valence-electron chi connectivity index (χ2n) is 10.1. The minimum atomic E-state index is -0.0127. The summed E-state index contributed by atoms with van der Waals surface area (Å²) < 4.78 is 11.0. The molecule has 2 saturated heterocycles. The smallest absolute Gasteiger partial charge is 0.288 e. The summed E-state index contributed by atoms with van der Waals surface area (Å²) in [6.45, 7) is 13.3. The Morgan fingerprint density at radius 3 is 2.51 bits per heavy atom. The van der Waals surface area contributed by atoms with Crippen LogP contribution in [0.5, 0.6) is 0 Å². The van der Waals surface area contributed by atoms with Crippen molar-refractivity contribution in [3.05, 3.63) is 18.0 Å². The molecule has 0 aliphatic carbocycles. The first-order valence-electron chi connectivity index (χ1n) is 12.4. The first kappa shape index (κ1) is 23.5. The Labute approximate surface area is 206 Å². The van der Waals surface area contributed by atoms with Crippen LogP contribution in [0.3, 0.4) is 0 Å². The Kier molecular flexibility index (Phi) is 6.59. The third-order valence-electron chi connectivity index (χ3n) is 6.55. The molecule has 35 heavy (non-hydrogen) atoms.